The second-order valence-electron chi connectivity index (χ2n) is 3.87. The van der Waals surface area contributed by atoms with E-state index in [9.17, 15) is 0 Å². The van der Waals surface area contributed by atoms with Crippen molar-refractivity contribution in [1.29, 1.82) is 0 Å². The van der Waals surface area contributed by atoms with Crippen LogP contribution in [-0.2, 0) is 4.74 Å². The van der Waals surface area contributed by atoms with Crippen LogP contribution in [0.25, 0.3) is 0 Å². The van der Waals surface area contributed by atoms with Crippen LogP contribution in [0, 0.1) is 0 Å². The maximum absolute atomic E-state index is 5.78. The summed E-state index contributed by atoms with van der Waals surface area (Å²) in [5.74, 6) is 1.05. The highest BCUT2D eigenvalue weighted by atomic mass is 32.2. The molecule has 1 rings (SSSR count). The number of unbranched alkanes of at least 4 members (excludes halogenated alkanes) is 1. The lowest BCUT2D eigenvalue weighted by atomic mass is 10.1. The maximum Gasteiger partial charge on any atom is 0.139 e. The third-order valence-electron chi connectivity index (χ3n) is 2.42. The molecule has 2 nitrogen and oxygen atoms in total. The van der Waals surface area contributed by atoms with Crippen LogP contribution in [0.5, 0.6) is 0 Å². The van der Waals surface area contributed by atoms with Crippen LogP contribution in [0.1, 0.15) is 33.1 Å². The molecule has 0 aromatic carbocycles. The minimum Gasteiger partial charge on any atom is -0.489 e. The Morgan fingerprint density at radius 2 is 2.33 bits per heavy atom. The molecule has 0 N–H and O–H groups in total. The first-order valence-corrected chi connectivity index (χ1v) is 6.70. The summed E-state index contributed by atoms with van der Waals surface area (Å²) in [6.45, 7) is 4.33. The molecule has 1 aliphatic heterocycles. The molecule has 3 heteroatoms. The number of rotatable bonds is 4. The quantitative estimate of drug-likeness (QED) is 0.681. The summed E-state index contributed by atoms with van der Waals surface area (Å²) in [6, 6.07) is 0. The molecule has 0 bridgehead atoms. The Morgan fingerprint density at radius 1 is 1.60 bits per heavy atom. The summed E-state index contributed by atoms with van der Waals surface area (Å²) < 4.78 is 7.86. The molecule has 1 heterocycles. The number of allylic oxidation sites excluding steroid dienone is 2. The molecule has 0 aromatic rings. The predicted molar refractivity (Wildman–Crippen MR) is 67.5 cm³/mol. The van der Waals surface area contributed by atoms with Crippen LogP contribution in [-0.4, -0.2) is 23.7 Å². The molecule has 0 aromatic heterocycles. The van der Waals surface area contributed by atoms with Gasteiger partial charge in [-0.05, 0) is 18.9 Å². The van der Waals surface area contributed by atoms with Gasteiger partial charge in [-0.1, -0.05) is 31.4 Å². The Labute approximate surface area is 97.5 Å². The Bertz CT molecular complexity index is 260. The Hall–Kier alpha value is -0.570. The molecule has 15 heavy (non-hydrogen) atoms. The molecule has 1 unspecified atom stereocenters. The molecule has 86 valence electrons. The summed E-state index contributed by atoms with van der Waals surface area (Å²) in [4.78, 5) is 0. The zero-order chi connectivity index (χ0) is 11.3. The van der Waals surface area contributed by atoms with Crippen LogP contribution in [0.2, 0.25) is 0 Å². The molecular formula is C12H21NOS. The van der Waals surface area contributed by atoms with Crippen LogP contribution >= 0.6 is 11.9 Å². The second kappa shape index (κ2) is 6.11. The van der Waals surface area contributed by atoms with Crippen molar-refractivity contribution < 1.29 is 4.74 Å². The Morgan fingerprint density at radius 3 is 2.93 bits per heavy atom. The van der Waals surface area contributed by atoms with Crippen molar-refractivity contribution in [3.05, 3.63) is 23.6 Å². The van der Waals surface area contributed by atoms with E-state index in [4.69, 9.17) is 4.74 Å². The highest BCUT2D eigenvalue weighted by Gasteiger charge is 2.21. The number of ether oxygens (including phenoxy) is 1. The fraction of sp³-hybridized carbons (Fsp3) is 0.667. The third kappa shape index (κ3) is 3.82. The first-order valence-electron chi connectivity index (χ1n) is 5.52. The van der Waals surface area contributed by atoms with Gasteiger partial charge in [-0.15, -0.1) is 0 Å². The number of hydrogen-bond acceptors (Lipinski definition) is 3. The van der Waals surface area contributed by atoms with Gasteiger partial charge in [0.05, 0.1) is 6.20 Å². The first-order chi connectivity index (χ1) is 7.17. The van der Waals surface area contributed by atoms with Crippen molar-refractivity contribution in [1.82, 2.24) is 4.31 Å². The van der Waals surface area contributed by atoms with Gasteiger partial charge in [0, 0.05) is 19.7 Å². The van der Waals surface area contributed by atoms with Crippen molar-refractivity contribution in [3.63, 3.8) is 0 Å². The van der Waals surface area contributed by atoms with E-state index in [2.05, 4.69) is 36.7 Å². The summed E-state index contributed by atoms with van der Waals surface area (Å²) in [6.07, 6.45) is 10.2. The van der Waals surface area contributed by atoms with Crippen LogP contribution in [0.3, 0.4) is 0 Å². The summed E-state index contributed by atoms with van der Waals surface area (Å²) in [5.41, 5.74) is 1.37. The second-order valence-corrected chi connectivity index (χ2v) is 4.81. The van der Waals surface area contributed by atoms with Crippen molar-refractivity contribution in [3.8, 4) is 0 Å². The maximum atomic E-state index is 5.78. The van der Waals surface area contributed by atoms with Gasteiger partial charge >= 0.3 is 0 Å². The standard InChI is InChI=1S/C12H21NOS/c1-5-6-7-11-8-10(2)14-12(11)9-13(3)15-4/h7,9-10H,5-6,8H2,1-4H3/b11-7-,12-9-. The van der Waals surface area contributed by atoms with E-state index in [1.165, 1.54) is 12.0 Å². The fourth-order valence-electron chi connectivity index (χ4n) is 1.58. The van der Waals surface area contributed by atoms with Gasteiger partial charge in [-0.25, -0.2) is 0 Å². The molecule has 0 aliphatic carbocycles. The van der Waals surface area contributed by atoms with Crippen molar-refractivity contribution >= 4 is 11.9 Å². The molecule has 0 radical (unpaired) electrons. The lowest BCUT2D eigenvalue weighted by Crippen LogP contribution is -2.01. The largest absolute Gasteiger partial charge is 0.489 e. The molecule has 1 atom stereocenters. The van der Waals surface area contributed by atoms with Crippen molar-refractivity contribution in [2.45, 2.75) is 39.2 Å². The van der Waals surface area contributed by atoms with E-state index in [0.29, 0.717) is 6.10 Å². The van der Waals surface area contributed by atoms with Crippen molar-refractivity contribution in [2.24, 2.45) is 0 Å². The van der Waals surface area contributed by atoms with Gasteiger partial charge in [-0.3, -0.25) is 0 Å². The minimum atomic E-state index is 0.328. The van der Waals surface area contributed by atoms with Gasteiger partial charge in [0.15, 0.2) is 0 Å². The lowest BCUT2D eigenvalue weighted by molar-refractivity contribution is 0.176. The monoisotopic (exact) mass is 227 g/mol. The van der Waals surface area contributed by atoms with E-state index >= 15 is 0 Å². The van der Waals surface area contributed by atoms with Crippen LogP contribution in [0.4, 0.5) is 0 Å². The van der Waals surface area contributed by atoms with Crippen LogP contribution < -0.4 is 0 Å². The van der Waals surface area contributed by atoms with E-state index in [1.54, 1.807) is 11.9 Å². The first kappa shape index (κ1) is 12.5. The van der Waals surface area contributed by atoms with E-state index < -0.39 is 0 Å². The highest BCUT2D eigenvalue weighted by molar-refractivity contribution is 7.96. The molecule has 0 amide bonds. The zero-order valence-corrected chi connectivity index (χ0v) is 10.9. The van der Waals surface area contributed by atoms with Gasteiger partial charge < -0.3 is 9.04 Å². The SMILES string of the molecule is CCC/C=C1/CC(C)O/C1=C\N(C)SC. The van der Waals surface area contributed by atoms with Crippen molar-refractivity contribution in [2.75, 3.05) is 13.3 Å². The summed E-state index contributed by atoms with van der Waals surface area (Å²) in [5, 5.41) is 0. The van der Waals surface area contributed by atoms with Gasteiger partial charge in [0.1, 0.15) is 11.9 Å². The highest BCUT2D eigenvalue weighted by Crippen LogP contribution is 2.30. The Balaban J connectivity index is 2.72. The molecule has 1 fully saturated rings. The molecule has 1 aliphatic rings. The fourth-order valence-corrected chi connectivity index (χ4v) is 1.78. The normalized spacial score (nSPS) is 26.0. The van der Waals surface area contributed by atoms with Gasteiger partial charge in [-0.2, -0.15) is 0 Å². The molecular weight excluding hydrogens is 206 g/mol. The summed E-state index contributed by atoms with van der Waals surface area (Å²) >= 11 is 1.69. The van der Waals surface area contributed by atoms with E-state index in [-0.39, 0.29) is 0 Å². The molecule has 0 spiro atoms. The zero-order valence-electron chi connectivity index (χ0n) is 10.1. The minimum absolute atomic E-state index is 0.328. The van der Waals surface area contributed by atoms with E-state index in [0.717, 1.165) is 18.6 Å². The average molecular weight is 227 g/mol. The smallest absolute Gasteiger partial charge is 0.139 e. The van der Waals surface area contributed by atoms with Gasteiger partial charge in [0.2, 0.25) is 0 Å². The van der Waals surface area contributed by atoms with Crippen LogP contribution in [0.15, 0.2) is 23.6 Å². The molecule has 1 saturated heterocycles. The number of nitrogens with zero attached hydrogens (tertiary/aromatic N) is 1. The Kier molecular flexibility index (Phi) is 5.09. The summed E-state index contributed by atoms with van der Waals surface area (Å²) in [7, 11) is 2.04. The van der Waals surface area contributed by atoms with Gasteiger partial charge in [0.25, 0.3) is 0 Å². The molecule has 0 saturated carbocycles. The predicted octanol–water partition coefficient (Wildman–Crippen LogP) is 3.57. The lowest BCUT2D eigenvalue weighted by Gasteiger charge is -2.11. The average Bonchev–Trinajstić information content (AvgIpc) is 2.55. The topological polar surface area (TPSA) is 12.5 Å². The third-order valence-corrected chi connectivity index (χ3v) is 3.10. The van der Waals surface area contributed by atoms with E-state index in [1.807, 2.05) is 7.05 Å². The number of hydrogen-bond donors (Lipinski definition) is 0.